The number of para-hydroxylation sites is 2. The molecule has 0 saturated carbocycles. The fraction of sp³-hybridized carbons (Fsp3) is 0.188. The molecule has 122 valence electrons. The summed E-state index contributed by atoms with van der Waals surface area (Å²) >= 11 is 1.23. The number of hydrogen-bond acceptors (Lipinski definition) is 3. The number of anilines is 1. The normalized spacial score (nSPS) is 12.0. The lowest BCUT2D eigenvalue weighted by Gasteiger charge is -2.15. The van der Waals surface area contributed by atoms with Gasteiger partial charge in [-0.05, 0) is 43.3 Å². The maximum absolute atomic E-state index is 12.9. The summed E-state index contributed by atoms with van der Waals surface area (Å²) in [7, 11) is 0. The number of benzene rings is 2. The van der Waals surface area contributed by atoms with Gasteiger partial charge in [-0.2, -0.15) is 8.78 Å². The standard InChI is InChI=1S/C16H14F3NO2S/c1-10(23-12-8-6-11(17)7-9-12)15(21)20-13-4-2-3-5-14(13)22-16(18)19/h2-10,16H,1H3,(H,20,21). The van der Waals surface area contributed by atoms with E-state index in [1.807, 2.05) is 0 Å². The Bertz CT molecular complexity index is 665. The first-order valence-electron chi connectivity index (χ1n) is 6.72. The zero-order valence-electron chi connectivity index (χ0n) is 12.1. The number of ether oxygens (including phenoxy) is 1. The van der Waals surface area contributed by atoms with Crippen molar-refractivity contribution in [2.75, 3.05) is 5.32 Å². The van der Waals surface area contributed by atoms with Gasteiger partial charge >= 0.3 is 6.61 Å². The van der Waals surface area contributed by atoms with E-state index in [-0.39, 0.29) is 23.2 Å². The van der Waals surface area contributed by atoms with Crippen LogP contribution in [0.2, 0.25) is 0 Å². The molecule has 0 aliphatic carbocycles. The van der Waals surface area contributed by atoms with Crippen LogP contribution in [-0.2, 0) is 4.79 Å². The molecule has 1 unspecified atom stereocenters. The second kappa shape index (κ2) is 7.92. The lowest BCUT2D eigenvalue weighted by atomic mass is 10.3. The van der Waals surface area contributed by atoms with Crippen LogP contribution in [-0.4, -0.2) is 17.8 Å². The van der Waals surface area contributed by atoms with E-state index in [0.717, 1.165) is 4.90 Å². The van der Waals surface area contributed by atoms with Gasteiger partial charge in [0, 0.05) is 4.90 Å². The molecule has 0 radical (unpaired) electrons. The van der Waals surface area contributed by atoms with Crippen molar-refractivity contribution in [1.82, 2.24) is 0 Å². The molecular weight excluding hydrogens is 327 g/mol. The van der Waals surface area contributed by atoms with Crippen molar-refractivity contribution in [3.8, 4) is 5.75 Å². The van der Waals surface area contributed by atoms with Gasteiger partial charge in [-0.3, -0.25) is 4.79 Å². The number of halogens is 3. The van der Waals surface area contributed by atoms with E-state index in [1.54, 1.807) is 25.1 Å². The van der Waals surface area contributed by atoms with Crippen LogP contribution in [0.25, 0.3) is 0 Å². The fourth-order valence-corrected chi connectivity index (χ4v) is 2.64. The maximum atomic E-state index is 12.9. The summed E-state index contributed by atoms with van der Waals surface area (Å²) < 4.78 is 41.9. The first kappa shape index (κ1) is 17.2. The van der Waals surface area contributed by atoms with Gasteiger partial charge in [0.25, 0.3) is 0 Å². The van der Waals surface area contributed by atoms with Gasteiger partial charge in [0.15, 0.2) is 0 Å². The molecular formula is C16H14F3NO2S. The third-order valence-corrected chi connectivity index (χ3v) is 3.97. The Kier molecular flexibility index (Phi) is 5.92. The number of carbonyl (C=O) groups is 1. The molecule has 0 aliphatic heterocycles. The minimum Gasteiger partial charge on any atom is -0.433 e. The summed E-state index contributed by atoms with van der Waals surface area (Å²) in [6.07, 6.45) is 0. The molecule has 1 atom stereocenters. The number of carbonyl (C=O) groups excluding carboxylic acids is 1. The van der Waals surface area contributed by atoms with Crippen molar-refractivity contribution in [3.05, 3.63) is 54.3 Å². The Morgan fingerprint density at radius 3 is 2.43 bits per heavy atom. The van der Waals surface area contributed by atoms with E-state index in [1.165, 1.54) is 42.1 Å². The largest absolute Gasteiger partial charge is 0.433 e. The molecule has 0 spiro atoms. The predicted molar refractivity (Wildman–Crippen MR) is 83.4 cm³/mol. The van der Waals surface area contributed by atoms with Crippen LogP contribution in [0.4, 0.5) is 18.9 Å². The highest BCUT2D eigenvalue weighted by Gasteiger charge is 2.17. The SMILES string of the molecule is CC(Sc1ccc(F)cc1)C(=O)Nc1ccccc1OC(F)F. The summed E-state index contributed by atoms with van der Waals surface area (Å²) in [6.45, 7) is -1.31. The van der Waals surface area contributed by atoms with Gasteiger partial charge in [0.2, 0.25) is 5.91 Å². The van der Waals surface area contributed by atoms with Gasteiger partial charge in [0.1, 0.15) is 11.6 Å². The van der Waals surface area contributed by atoms with Crippen molar-refractivity contribution < 1.29 is 22.7 Å². The highest BCUT2D eigenvalue weighted by molar-refractivity contribution is 8.00. The van der Waals surface area contributed by atoms with Crippen LogP contribution < -0.4 is 10.1 Å². The average Bonchev–Trinajstić information content (AvgIpc) is 2.51. The molecule has 2 aromatic rings. The Labute approximate surface area is 135 Å². The van der Waals surface area contributed by atoms with E-state index in [0.29, 0.717) is 0 Å². The van der Waals surface area contributed by atoms with Crippen molar-refractivity contribution >= 4 is 23.4 Å². The van der Waals surface area contributed by atoms with Gasteiger partial charge in [0.05, 0.1) is 10.9 Å². The summed E-state index contributed by atoms with van der Waals surface area (Å²) in [4.78, 5) is 12.9. The smallest absolute Gasteiger partial charge is 0.387 e. The Morgan fingerprint density at radius 1 is 1.13 bits per heavy atom. The molecule has 1 amide bonds. The highest BCUT2D eigenvalue weighted by Crippen LogP contribution is 2.28. The van der Waals surface area contributed by atoms with Crippen molar-refractivity contribution in [1.29, 1.82) is 0 Å². The number of alkyl halides is 2. The fourth-order valence-electron chi connectivity index (χ4n) is 1.77. The minimum absolute atomic E-state index is 0.102. The number of nitrogens with one attached hydrogen (secondary N) is 1. The molecule has 0 bridgehead atoms. The van der Waals surface area contributed by atoms with Gasteiger partial charge in [-0.15, -0.1) is 11.8 Å². The highest BCUT2D eigenvalue weighted by atomic mass is 32.2. The van der Waals surface area contributed by atoms with Gasteiger partial charge in [-0.1, -0.05) is 12.1 Å². The van der Waals surface area contributed by atoms with E-state index in [2.05, 4.69) is 10.1 Å². The van der Waals surface area contributed by atoms with Crippen molar-refractivity contribution in [2.24, 2.45) is 0 Å². The number of rotatable bonds is 6. The zero-order valence-corrected chi connectivity index (χ0v) is 12.9. The van der Waals surface area contributed by atoms with E-state index < -0.39 is 11.9 Å². The molecule has 2 rings (SSSR count). The Morgan fingerprint density at radius 2 is 1.78 bits per heavy atom. The molecule has 23 heavy (non-hydrogen) atoms. The average molecular weight is 341 g/mol. The van der Waals surface area contributed by atoms with Crippen LogP contribution in [0.3, 0.4) is 0 Å². The second-order valence-corrected chi connectivity index (χ2v) is 5.99. The maximum Gasteiger partial charge on any atom is 0.387 e. The molecule has 0 heterocycles. The number of thioether (sulfide) groups is 1. The van der Waals surface area contributed by atoms with Crippen molar-refractivity contribution in [2.45, 2.75) is 23.7 Å². The molecule has 0 aromatic heterocycles. The molecule has 0 fully saturated rings. The van der Waals surface area contributed by atoms with Crippen LogP contribution >= 0.6 is 11.8 Å². The van der Waals surface area contributed by atoms with Crippen LogP contribution in [0.1, 0.15) is 6.92 Å². The topological polar surface area (TPSA) is 38.3 Å². The summed E-state index contributed by atoms with van der Waals surface area (Å²) in [5.41, 5.74) is 0.171. The summed E-state index contributed by atoms with van der Waals surface area (Å²) in [5.74, 6) is -0.830. The van der Waals surface area contributed by atoms with E-state index >= 15 is 0 Å². The number of amides is 1. The lowest BCUT2D eigenvalue weighted by Crippen LogP contribution is -2.23. The van der Waals surface area contributed by atoms with Crippen LogP contribution in [0, 0.1) is 5.82 Å². The zero-order chi connectivity index (χ0) is 16.8. The van der Waals surface area contributed by atoms with Gasteiger partial charge < -0.3 is 10.1 Å². The molecule has 1 N–H and O–H groups in total. The monoisotopic (exact) mass is 341 g/mol. The summed E-state index contributed by atoms with van der Waals surface area (Å²) in [6, 6.07) is 11.7. The third kappa shape index (κ3) is 5.21. The third-order valence-electron chi connectivity index (χ3n) is 2.86. The predicted octanol–water partition coefficient (Wildman–Crippen LogP) is 4.55. The Hall–Kier alpha value is -2.15. The lowest BCUT2D eigenvalue weighted by molar-refractivity contribution is -0.115. The first-order valence-corrected chi connectivity index (χ1v) is 7.60. The molecule has 0 aliphatic rings. The van der Waals surface area contributed by atoms with Crippen LogP contribution in [0.5, 0.6) is 5.75 Å². The molecule has 7 heteroatoms. The Balaban J connectivity index is 2.02. The van der Waals surface area contributed by atoms with E-state index in [4.69, 9.17) is 0 Å². The van der Waals surface area contributed by atoms with Crippen LogP contribution in [0.15, 0.2) is 53.4 Å². The van der Waals surface area contributed by atoms with Crippen molar-refractivity contribution in [3.63, 3.8) is 0 Å². The van der Waals surface area contributed by atoms with Gasteiger partial charge in [-0.25, -0.2) is 4.39 Å². The first-order chi connectivity index (χ1) is 11.0. The minimum atomic E-state index is -2.97. The van der Waals surface area contributed by atoms with E-state index in [9.17, 15) is 18.0 Å². The molecule has 3 nitrogen and oxygen atoms in total. The quantitative estimate of drug-likeness (QED) is 0.784. The second-order valence-electron chi connectivity index (χ2n) is 4.58. The molecule has 0 saturated heterocycles. The number of hydrogen-bond donors (Lipinski definition) is 1. The molecule has 2 aromatic carbocycles. The summed E-state index contributed by atoms with van der Waals surface area (Å²) in [5, 5.41) is 2.06.